The van der Waals surface area contributed by atoms with Gasteiger partial charge in [0.05, 0.1) is 0 Å². The second-order valence-corrected chi connectivity index (χ2v) is 5.11. The molecule has 0 aliphatic carbocycles. The Morgan fingerprint density at radius 1 is 0.833 bits per heavy atom. The van der Waals surface area contributed by atoms with Crippen molar-refractivity contribution in [1.82, 2.24) is 4.90 Å². The highest BCUT2D eigenvalue weighted by atomic mass is 16.4. The molecule has 0 fully saturated rings. The van der Waals surface area contributed by atoms with Gasteiger partial charge in [0.1, 0.15) is 5.78 Å². The lowest BCUT2D eigenvalue weighted by Gasteiger charge is -2.08. The molecule has 0 amide bonds. The summed E-state index contributed by atoms with van der Waals surface area (Å²) in [4.78, 5) is 23.8. The van der Waals surface area contributed by atoms with Crippen LogP contribution in [0.25, 0.3) is 0 Å². The number of hydrogen-bond donors (Lipinski definition) is 1. The number of Topliss-reactive ketones (excluding diaryl/α,β-unsaturated/α-hetero) is 1. The average molecular weight is 257 g/mol. The van der Waals surface area contributed by atoms with Crippen LogP contribution < -0.4 is 0 Å². The normalized spacial score (nSPS) is 10.8. The zero-order valence-corrected chi connectivity index (χ0v) is 11.8. The number of unbranched alkanes of at least 4 members (excludes halogenated alkanes) is 5. The number of carboxylic acid groups (broad SMARTS) is 1. The number of aliphatic carboxylic acids is 1. The zero-order valence-electron chi connectivity index (χ0n) is 11.8. The van der Waals surface area contributed by atoms with Gasteiger partial charge in [-0.3, -0.25) is 9.59 Å². The minimum Gasteiger partial charge on any atom is -0.481 e. The maximum atomic E-state index is 11.5. The van der Waals surface area contributed by atoms with Crippen LogP contribution in [0.1, 0.15) is 57.8 Å². The van der Waals surface area contributed by atoms with E-state index in [1.54, 1.807) is 0 Å². The van der Waals surface area contributed by atoms with Crippen molar-refractivity contribution in [3.05, 3.63) is 0 Å². The number of nitrogens with zero attached hydrogens (tertiary/aromatic N) is 1. The molecule has 0 aliphatic rings. The molecule has 0 aromatic rings. The lowest BCUT2D eigenvalue weighted by Crippen LogP contribution is -2.16. The summed E-state index contributed by atoms with van der Waals surface area (Å²) in [7, 11) is 3.95. The van der Waals surface area contributed by atoms with Gasteiger partial charge < -0.3 is 10.0 Å². The van der Waals surface area contributed by atoms with Crippen LogP contribution in [0.3, 0.4) is 0 Å². The maximum Gasteiger partial charge on any atom is 0.303 e. The first kappa shape index (κ1) is 17.1. The van der Waals surface area contributed by atoms with Crippen molar-refractivity contribution in [3.63, 3.8) is 0 Å². The topological polar surface area (TPSA) is 57.6 Å². The molecule has 0 atom stereocenters. The van der Waals surface area contributed by atoms with Crippen LogP contribution in [-0.2, 0) is 9.59 Å². The Labute approximate surface area is 110 Å². The summed E-state index contributed by atoms with van der Waals surface area (Å²) in [6.45, 7) is 0.841. The SMILES string of the molecule is CN(C)CCC(=O)CCCCCCCCC(=O)O. The van der Waals surface area contributed by atoms with E-state index in [9.17, 15) is 9.59 Å². The van der Waals surface area contributed by atoms with Crippen molar-refractivity contribution in [2.45, 2.75) is 57.8 Å². The van der Waals surface area contributed by atoms with Gasteiger partial charge in [-0.25, -0.2) is 0 Å². The molecule has 0 saturated heterocycles. The highest BCUT2D eigenvalue weighted by molar-refractivity contribution is 5.78. The van der Waals surface area contributed by atoms with Crippen LogP contribution in [0.5, 0.6) is 0 Å². The Hall–Kier alpha value is -0.900. The number of hydrogen-bond acceptors (Lipinski definition) is 3. The van der Waals surface area contributed by atoms with Crippen molar-refractivity contribution >= 4 is 11.8 Å². The van der Waals surface area contributed by atoms with Gasteiger partial charge >= 0.3 is 5.97 Å². The molecule has 0 rings (SSSR count). The first-order chi connectivity index (χ1) is 8.52. The zero-order chi connectivity index (χ0) is 13.8. The lowest BCUT2D eigenvalue weighted by molar-refractivity contribution is -0.137. The van der Waals surface area contributed by atoms with E-state index in [1.807, 2.05) is 19.0 Å². The molecule has 0 saturated carbocycles. The van der Waals surface area contributed by atoms with Gasteiger partial charge in [-0.15, -0.1) is 0 Å². The van der Waals surface area contributed by atoms with E-state index in [4.69, 9.17) is 5.11 Å². The van der Waals surface area contributed by atoms with Gasteiger partial charge in [-0.1, -0.05) is 25.7 Å². The van der Waals surface area contributed by atoms with Crippen molar-refractivity contribution in [2.24, 2.45) is 0 Å². The third kappa shape index (κ3) is 13.2. The number of carboxylic acids is 1. The predicted molar refractivity (Wildman–Crippen MR) is 72.7 cm³/mol. The highest BCUT2D eigenvalue weighted by Crippen LogP contribution is 2.09. The minimum absolute atomic E-state index is 0.281. The minimum atomic E-state index is -0.707. The molecule has 1 N–H and O–H groups in total. The molecule has 4 heteroatoms. The molecule has 0 aromatic heterocycles. The molecular weight excluding hydrogens is 230 g/mol. The first-order valence-electron chi connectivity index (χ1n) is 6.90. The van der Waals surface area contributed by atoms with Crippen LogP contribution in [0.15, 0.2) is 0 Å². The summed E-state index contributed by atoms with van der Waals surface area (Å²) in [5.41, 5.74) is 0. The van der Waals surface area contributed by atoms with Gasteiger partial charge in [-0.2, -0.15) is 0 Å². The van der Waals surface area contributed by atoms with Crippen molar-refractivity contribution < 1.29 is 14.7 Å². The van der Waals surface area contributed by atoms with Crippen LogP contribution in [0, 0.1) is 0 Å². The summed E-state index contributed by atoms with van der Waals surface area (Å²) in [6, 6.07) is 0. The monoisotopic (exact) mass is 257 g/mol. The van der Waals surface area contributed by atoms with Crippen molar-refractivity contribution in [2.75, 3.05) is 20.6 Å². The van der Waals surface area contributed by atoms with E-state index in [-0.39, 0.29) is 6.42 Å². The Morgan fingerprint density at radius 3 is 1.83 bits per heavy atom. The summed E-state index contributed by atoms with van der Waals surface area (Å²) in [6.07, 6.45) is 7.65. The van der Waals surface area contributed by atoms with Crippen LogP contribution in [0.2, 0.25) is 0 Å². The van der Waals surface area contributed by atoms with E-state index in [0.29, 0.717) is 18.6 Å². The molecule has 0 unspecified atom stereocenters. The van der Waals surface area contributed by atoms with Gasteiger partial charge in [0.25, 0.3) is 0 Å². The Kier molecular flexibility index (Phi) is 10.6. The fourth-order valence-corrected chi connectivity index (χ4v) is 1.78. The van der Waals surface area contributed by atoms with Gasteiger partial charge in [-0.05, 0) is 26.9 Å². The van der Waals surface area contributed by atoms with Crippen molar-refractivity contribution in [3.8, 4) is 0 Å². The largest absolute Gasteiger partial charge is 0.481 e. The van der Waals surface area contributed by atoms with Gasteiger partial charge in [0, 0.05) is 25.8 Å². The average Bonchev–Trinajstić information content (AvgIpc) is 2.29. The first-order valence-corrected chi connectivity index (χ1v) is 6.90. The molecule has 0 heterocycles. The standard InChI is InChI=1S/C14H27NO3/c1-15(2)12-11-13(16)9-7-5-3-4-6-8-10-14(17)18/h3-12H2,1-2H3,(H,17,18). The van der Waals surface area contributed by atoms with Crippen LogP contribution in [0.4, 0.5) is 0 Å². The second-order valence-electron chi connectivity index (χ2n) is 5.11. The number of ketones is 1. The van der Waals surface area contributed by atoms with Gasteiger partial charge in [0.2, 0.25) is 0 Å². The van der Waals surface area contributed by atoms with E-state index >= 15 is 0 Å². The smallest absolute Gasteiger partial charge is 0.303 e. The molecule has 18 heavy (non-hydrogen) atoms. The fraction of sp³-hybridized carbons (Fsp3) is 0.857. The molecule has 0 bridgehead atoms. The fourth-order valence-electron chi connectivity index (χ4n) is 1.78. The van der Waals surface area contributed by atoms with Gasteiger partial charge in [0.15, 0.2) is 0 Å². The predicted octanol–water partition coefficient (Wildman–Crippen LogP) is 2.71. The number of carbonyl (C=O) groups excluding carboxylic acids is 1. The summed E-state index contributed by atoms with van der Waals surface area (Å²) in [5, 5.41) is 8.46. The summed E-state index contributed by atoms with van der Waals surface area (Å²) < 4.78 is 0. The molecule has 0 aliphatic heterocycles. The number of carbonyl (C=O) groups is 2. The third-order valence-corrected chi connectivity index (χ3v) is 2.93. The summed E-state index contributed by atoms with van der Waals surface area (Å²) in [5.74, 6) is -0.351. The Balaban J connectivity index is 3.20. The van der Waals surface area contributed by atoms with E-state index < -0.39 is 5.97 Å². The highest BCUT2D eigenvalue weighted by Gasteiger charge is 2.02. The van der Waals surface area contributed by atoms with Crippen LogP contribution in [-0.4, -0.2) is 42.4 Å². The van der Waals surface area contributed by atoms with Crippen LogP contribution >= 0.6 is 0 Å². The van der Waals surface area contributed by atoms with E-state index in [0.717, 1.165) is 45.1 Å². The Bertz CT molecular complexity index is 239. The molecule has 106 valence electrons. The maximum absolute atomic E-state index is 11.5. The number of rotatable bonds is 12. The van der Waals surface area contributed by atoms with E-state index in [2.05, 4.69) is 0 Å². The molecular formula is C14H27NO3. The molecule has 0 spiro atoms. The molecule has 0 aromatic carbocycles. The lowest BCUT2D eigenvalue weighted by atomic mass is 10.1. The van der Waals surface area contributed by atoms with Crippen molar-refractivity contribution in [1.29, 1.82) is 0 Å². The molecule has 4 nitrogen and oxygen atoms in total. The third-order valence-electron chi connectivity index (χ3n) is 2.93. The summed E-state index contributed by atoms with van der Waals surface area (Å²) >= 11 is 0. The Morgan fingerprint density at radius 2 is 1.33 bits per heavy atom. The van der Waals surface area contributed by atoms with E-state index in [1.165, 1.54) is 0 Å². The quantitative estimate of drug-likeness (QED) is 0.546. The second kappa shape index (κ2) is 11.2. The molecule has 0 radical (unpaired) electrons.